The van der Waals surface area contributed by atoms with Gasteiger partial charge in [-0.15, -0.1) is 10.2 Å². The Labute approximate surface area is 193 Å². The molecule has 0 saturated carbocycles. The van der Waals surface area contributed by atoms with Gasteiger partial charge in [0.15, 0.2) is 11.3 Å². The van der Waals surface area contributed by atoms with Crippen LogP contribution in [0.4, 0.5) is 10.3 Å². The summed E-state index contributed by atoms with van der Waals surface area (Å²) in [6, 6.07) is 12.8. The number of hydrogen-bond acceptors (Lipinski definition) is 6. The Morgan fingerprint density at radius 2 is 2.00 bits per heavy atom. The molecule has 0 aliphatic rings. The standard InChI is InChI=1S/C24H20FN9/c1-14-4-3-5-20-31-32-24(34(14)20)27-11-16-7-6-15(10-19(16)25)18-8-9-26-23-21(18)29-22(30-23)17-12-28-33(2)13-17/h3-10,12-13H,11H2,1-2H3,(H,27,32)(H,26,29,30). The third kappa shape index (κ3) is 3.36. The van der Waals surface area contributed by atoms with Crippen molar-refractivity contribution in [1.82, 2.24) is 39.3 Å². The average molecular weight is 453 g/mol. The molecule has 9 nitrogen and oxygen atoms in total. The zero-order chi connectivity index (χ0) is 23.2. The first-order valence-corrected chi connectivity index (χ1v) is 10.7. The highest BCUT2D eigenvalue weighted by Crippen LogP contribution is 2.29. The second kappa shape index (κ2) is 7.77. The van der Waals surface area contributed by atoms with Crippen LogP contribution >= 0.6 is 0 Å². The van der Waals surface area contributed by atoms with E-state index in [1.54, 1.807) is 23.1 Å². The zero-order valence-corrected chi connectivity index (χ0v) is 18.5. The predicted octanol–water partition coefficient (Wildman–Crippen LogP) is 4.13. The molecule has 6 rings (SSSR count). The summed E-state index contributed by atoms with van der Waals surface area (Å²) in [5.41, 5.74) is 5.99. The summed E-state index contributed by atoms with van der Waals surface area (Å²) in [5, 5.41) is 15.7. The highest BCUT2D eigenvalue weighted by molar-refractivity contribution is 5.91. The number of nitrogens with zero attached hydrogens (tertiary/aromatic N) is 7. The minimum absolute atomic E-state index is 0.280. The Morgan fingerprint density at radius 3 is 2.82 bits per heavy atom. The van der Waals surface area contributed by atoms with Crippen molar-refractivity contribution >= 4 is 22.8 Å². The zero-order valence-electron chi connectivity index (χ0n) is 18.5. The number of pyridine rings is 2. The molecule has 5 aromatic heterocycles. The van der Waals surface area contributed by atoms with Gasteiger partial charge in [-0.05, 0) is 36.8 Å². The second-order valence-electron chi connectivity index (χ2n) is 8.09. The number of aromatic amines is 1. The fourth-order valence-electron chi connectivity index (χ4n) is 4.08. The van der Waals surface area contributed by atoms with Crippen LogP contribution in [0, 0.1) is 12.7 Å². The number of nitrogens with one attached hydrogen (secondary N) is 2. The number of aromatic nitrogens is 8. The van der Waals surface area contributed by atoms with Crippen LogP contribution in [0.1, 0.15) is 11.3 Å². The fraction of sp³-hybridized carbons (Fsp3) is 0.125. The van der Waals surface area contributed by atoms with Crippen LogP contribution in [-0.4, -0.2) is 39.3 Å². The Morgan fingerprint density at radius 1 is 1.09 bits per heavy atom. The Bertz CT molecular complexity index is 1660. The predicted molar refractivity (Wildman–Crippen MR) is 127 cm³/mol. The van der Waals surface area contributed by atoms with E-state index in [4.69, 9.17) is 0 Å². The van der Waals surface area contributed by atoms with E-state index in [1.807, 2.05) is 54.9 Å². The molecule has 0 unspecified atom stereocenters. The normalized spacial score (nSPS) is 11.5. The summed E-state index contributed by atoms with van der Waals surface area (Å²) in [6.07, 6.45) is 5.29. The van der Waals surface area contributed by atoms with Gasteiger partial charge in [0.2, 0.25) is 5.95 Å². The maximum atomic E-state index is 15.1. The monoisotopic (exact) mass is 453 g/mol. The molecule has 2 N–H and O–H groups in total. The molecule has 0 bridgehead atoms. The van der Waals surface area contributed by atoms with Crippen molar-refractivity contribution in [3.8, 4) is 22.5 Å². The number of imidazole rings is 1. The number of rotatable bonds is 5. The van der Waals surface area contributed by atoms with Gasteiger partial charge in [0.1, 0.15) is 11.6 Å². The molecule has 34 heavy (non-hydrogen) atoms. The highest BCUT2D eigenvalue weighted by Gasteiger charge is 2.14. The first kappa shape index (κ1) is 20.0. The van der Waals surface area contributed by atoms with Crippen LogP contribution in [0.15, 0.2) is 61.1 Å². The van der Waals surface area contributed by atoms with Crippen molar-refractivity contribution in [3.05, 3.63) is 78.1 Å². The molecule has 0 aliphatic heterocycles. The van der Waals surface area contributed by atoms with E-state index in [9.17, 15) is 0 Å². The lowest BCUT2D eigenvalue weighted by Gasteiger charge is -2.09. The van der Waals surface area contributed by atoms with Crippen LogP contribution in [0.25, 0.3) is 39.3 Å². The van der Waals surface area contributed by atoms with Gasteiger partial charge in [0, 0.05) is 42.8 Å². The van der Waals surface area contributed by atoms with Crippen molar-refractivity contribution in [2.24, 2.45) is 7.05 Å². The van der Waals surface area contributed by atoms with Crippen molar-refractivity contribution in [2.75, 3.05) is 5.32 Å². The lowest BCUT2D eigenvalue weighted by atomic mass is 10.0. The van der Waals surface area contributed by atoms with Crippen LogP contribution in [0.3, 0.4) is 0 Å². The van der Waals surface area contributed by atoms with Gasteiger partial charge in [0.05, 0.1) is 17.3 Å². The van der Waals surface area contributed by atoms with Gasteiger partial charge < -0.3 is 10.3 Å². The van der Waals surface area contributed by atoms with Crippen LogP contribution in [0.2, 0.25) is 0 Å². The van der Waals surface area contributed by atoms with E-state index in [0.717, 1.165) is 33.5 Å². The first-order valence-electron chi connectivity index (χ1n) is 10.7. The molecule has 0 amide bonds. The number of H-pyrrole nitrogens is 1. The summed E-state index contributed by atoms with van der Waals surface area (Å²) in [5.74, 6) is 0.931. The Hall–Kier alpha value is -4.60. The van der Waals surface area contributed by atoms with Gasteiger partial charge in [-0.25, -0.2) is 14.4 Å². The molecule has 10 heteroatoms. The number of anilines is 1. The van der Waals surface area contributed by atoms with Crippen molar-refractivity contribution in [1.29, 1.82) is 0 Å². The average Bonchev–Trinajstić information content (AvgIpc) is 3.56. The van der Waals surface area contributed by atoms with Gasteiger partial charge in [0.25, 0.3) is 0 Å². The Balaban J connectivity index is 1.30. The maximum Gasteiger partial charge on any atom is 0.229 e. The summed E-state index contributed by atoms with van der Waals surface area (Å²) in [6.45, 7) is 2.25. The molecule has 0 saturated heterocycles. The summed E-state index contributed by atoms with van der Waals surface area (Å²) in [4.78, 5) is 12.2. The molecule has 0 aliphatic carbocycles. The number of halogens is 1. The molecule has 0 atom stereocenters. The number of hydrogen-bond donors (Lipinski definition) is 2. The van der Waals surface area contributed by atoms with Crippen molar-refractivity contribution in [2.45, 2.75) is 13.5 Å². The maximum absolute atomic E-state index is 15.1. The van der Waals surface area contributed by atoms with Crippen LogP contribution in [-0.2, 0) is 13.6 Å². The van der Waals surface area contributed by atoms with Crippen LogP contribution in [0.5, 0.6) is 0 Å². The molecular weight excluding hydrogens is 433 g/mol. The quantitative estimate of drug-likeness (QED) is 0.407. The molecule has 1 aromatic carbocycles. The van der Waals surface area contributed by atoms with E-state index < -0.39 is 0 Å². The molecule has 6 aromatic rings. The third-order valence-electron chi connectivity index (χ3n) is 5.79. The lowest BCUT2D eigenvalue weighted by molar-refractivity contribution is 0.613. The highest BCUT2D eigenvalue weighted by atomic mass is 19.1. The van der Waals surface area contributed by atoms with Crippen molar-refractivity contribution < 1.29 is 4.39 Å². The summed E-state index contributed by atoms with van der Waals surface area (Å²) < 4.78 is 18.7. The minimum Gasteiger partial charge on any atom is -0.350 e. The minimum atomic E-state index is -0.312. The largest absolute Gasteiger partial charge is 0.350 e. The molecule has 0 radical (unpaired) electrons. The molecule has 168 valence electrons. The number of benzene rings is 1. The van der Waals surface area contributed by atoms with Gasteiger partial charge >= 0.3 is 0 Å². The number of aryl methyl sites for hydroxylation is 2. The van der Waals surface area contributed by atoms with E-state index >= 15 is 4.39 Å². The fourth-order valence-corrected chi connectivity index (χ4v) is 4.08. The molecule has 0 spiro atoms. The second-order valence-corrected chi connectivity index (χ2v) is 8.09. The molecular formula is C24H20FN9. The molecule has 5 heterocycles. The summed E-state index contributed by atoms with van der Waals surface area (Å²) >= 11 is 0. The van der Waals surface area contributed by atoms with Gasteiger partial charge in [-0.3, -0.25) is 9.08 Å². The molecule has 0 fully saturated rings. The van der Waals surface area contributed by atoms with E-state index in [1.165, 1.54) is 6.07 Å². The Kier molecular flexibility index (Phi) is 4.58. The number of fused-ring (bicyclic) bond motifs is 2. The SMILES string of the molecule is Cc1cccc2nnc(NCc3ccc(-c4ccnc5nc(-c6cnn(C)c6)[nH]c45)cc3F)n12. The first-order chi connectivity index (χ1) is 16.6. The smallest absolute Gasteiger partial charge is 0.229 e. The van der Waals surface area contributed by atoms with Gasteiger partial charge in [-0.2, -0.15) is 5.10 Å². The summed E-state index contributed by atoms with van der Waals surface area (Å²) in [7, 11) is 1.85. The topological polar surface area (TPSA) is 102 Å². The van der Waals surface area contributed by atoms with E-state index in [0.29, 0.717) is 23.0 Å². The third-order valence-corrected chi connectivity index (χ3v) is 5.79. The van der Waals surface area contributed by atoms with Crippen molar-refractivity contribution in [3.63, 3.8) is 0 Å². The van der Waals surface area contributed by atoms with E-state index in [-0.39, 0.29) is 12.4 Å². The van der Waals surface area contributed by atoms with E-state index in [2.05, 4.69) is 35.6 Å². The van der Waals surface area contributed by atoms with Gasteiger partial charge in [-0.1, -0.05) is 18.2 Å². The lowest BCUT2D eigenvalue weighted by Crippen LogP contribution is -2.06. The van der Waals surface area contributed by atoms with Crippen LogP contribution < -0.4 is 5.32 Å².